The van der Waals surface area contributed by atoms with Crippen molar-refractivity contribution < 1.29 is 0 Å². The molecule has 0 saturated heterocycles. The Balaban J connectivity index is 2.13. The number of nitrogens with two attached hydrogens (primary N) is 1. The van der Waals surface area contributed by atoms with E-state index in [9.17, 15) is 0 Å². The van der Waals surface area contributed by atoms with E-state index in [4.69, 9.17) is 5.73 Å². The third-order valence-electron chi connectivity index (χ3n) is 3.02. The van der Waals surface area contributed by atoms with Crippen molar-refractivity contribution in [2.24, 2.45) is 0 Å². The van der Waals surface area contributed by atoms with Gasteiger partial charge < -0.3 is 11.1 Å². The van der Waals surface area contributed by atoms with Gasteiger partial charge in [0.1, 0.15) is 0 Å². The van der Waals surface area contributed by atoms with Crippen LogP contribution in [0.2, 0.25) is 0 Å². The number of hydrogen-bond donors (Lipinski definition) is 2. The van der Waals surface area contributed by atoms with Gasteiger partial charge >= 0.3 is 0 Å². The highest BCUT2D eigenvalue weighted by Gasteiger charge is 2.05. The van der Waals surface area contributed by atoms with Crippen molar-refractivity contribution in [3.05, 3.63) is 58.1 Å². The Morgan fingerprint density at radius 1 is 1.11 bits per heavy atom. The predicted octanol–water partition coefficient (Wildman–Crippen LogP) is 4.51. The van der Waals surface area contributed by atoms with Crippen molar-refractivity contribution in [3.8, 4) is 0 Å². The van der Waals surface area contributed by atoms with Crippen molar-refractivity contribution in [1.29, 1.82) is 0 Å². The van der Waals surface area contributed by atoms with Crippen LogP contribution in [0.25, 0.3) is 0 Å². The largest absolute Gasteiger partial charge is 0.399 e. The van der Waals surface area contributed by atoms with Crippen LogP contribution in [0.5, 0.6) is 0 Å². The Kier molecular flexibility index (Phi) is 3.92. The Bertz CT molecular complexity index is 535. The Labute approximate surface area is 116 Å². The Morgan fingerprint density at radius 3 is 2.39 bits per heavy atom. The molecule has 94 valence electrons. The lowest BCUT2D eigenvalue weighted by Crippen LogP contribution is -2.06. The molecule has 18 heavy (non-hydrogen) atoms. The summed E-state index contributed by atoms with van der Waals surface area (Å²) in [6, 6.07) is 14.6. The maximum Gasteiger partial charge on any atom is 0.0485 e. The summed E-state index contributed by atoms with van der Waals surface area (Å²) in [5.41, 5.74) is 10.1. The summed E-state index contributed by atoms with van der Waals surface area (Å²) in [4.78, 5) is 0. The first-order chi connectivity index (χ1) is 8.56. The molecule has 0 saturated carbocycles. The van der Waals surface area contributed by atoms with E-state index >= 15 is 0 Å². The Hall–Kier alpha value is -1.48. The van der Waals surface area contributed by atoms with Crippen LogP contribution < -0.4 is 11.1 Å². The monoisotopic (exact) mass is 304 g/mol. The van der Waals surface area contributed by atoms with Gasteiger partial charge in [0, 0.05) is 21.9 Å². The number of hydrogen-bond acceptors (Lipinski definition) is 2. The molecule has 0 aliphatic rings. The number of nitrogen functional groups attached to an aromatic ring is 1. The van der Waals surface area contributed by atoms with Gasteiger partial charge in [-0.1, -0.05) is 28.1 Å². The molecule has 1 unspecified atom stereocenters. The summed E-state index contributed by atoms with van der Waals surface area (Å²) < 4.78 is 1.10. The zero-order valence-corrected chi connectivity index (χ0v) is 12.2. The minimum atomic E-state index is 0.265. The molecule has 3 N–H and O–H groups in total. The third-order valence-corrected chi connectivity index (χ3v) is 3.55. The molecule has 0 aliphatic heterocycles. The van der Waals surface area contributed by atoms with E-state index in [0.717, 1.165) is 21.4 Å². The van der Waals surface area contributed by atoms with Gasteiger partial charge in [-0.3, -0.25) is 0 Å². The normalized spacial score (nSPS) is 12.2. The highest BCUT2D eigenvalue weighted by atomic mass is 79.9. The summed E-state index contributed by atoms with van der Waals surface area (Å²) >= 11 is 3.44. The molecule has 0 heterocycles. The van der Waals surface area contributed by atoms with Gasteiger partial charge in [0.05, 0.1) is 0 Å². The van der Waals surface area contributed by atoms with Crippen molar-refractivity contribution >= 4 is 27.3 Å². The zero-order valence-electron chi connectivity index (χ0n) is 10.6. The molecular formula is C15H17BrN2. The quantitative estimate of drug-likeness (QED) is 0.819. The van der Waals surface area contributed by atoms with Crippen molar-refractivity contribution in [2.45, 2.75) is 19.9 Å². The molecule has 0 spiro atoms. The number of aryl methyl sites for hydroxylation is 1. The van der Waals surface area contributed by atoms with E-state index in [1.165, 1.54) is 5.56 Å². The maximum absolute atomic E-state index is 5.81. The number of benzene rings is 2. The number of anilines is 2. The molecule has 2 aromatic rings. The first kappa shape index (κ1) is 13.0. The minimum Gasteiger partial charge on any atom is -0.399 e. The van der Waals surface area contributed by atoms with Gasteiger partial charge in [0.25, 0.3) is 0 Å². The van der Waals surface area contributed by atoms with Gasteiger partial charge in [-0.25, -0.2) is 0 Å². The standard InChI is InChI=1S/C15H17BrN2/c1-10-9-14(7-8-15(10)17)18-11(2)12-3-5-13(16)6-4-12/h3-9,11,18H,17H2,1-2H3. The third kappa shape index (κ3) is 3.05. The predicted molar refractivity (Wildman–Crippen MR) is 81.8 cm³/mol. The molecule has 0 amide bonds. The van der Waals surface area contributed by atoms with Crippen LogP contribution in [0, 0.1) is 6.92 Å². The summed E-state index contributed by atoms with van der Waals surface area (Å²) in [6.07, 6.45) is 0. The van der Waals surface area contributed by atoms with Crippen LogP contribution in [-0.2, 0) is 0 Å². The molecule has 2 nitrogen and oxygen atoms in total. The first-order valence-electron chi connectivity index (χ1n) is 5.94. The van der Waals surface area contributed by atoms with Gasteiger partial charge in [0.15, 0.2) is 0 Å². The average molecular weight is 305 g/mol. The fourth-order valence-corrected chi connectivity index (χ4v) is 2.11. The molecule has 0 bridgehead atoms. The molecule has 0 fully saturated rings. The van der Waals surface area contributed by atoms with Crippen LogP contribution >= 0.6 is 15.9 Å². The van der Waals surface area contributed by atoms with Crippen LogP contribution in [0.3, 0.4) is 0 Å². The molecule has 0 aliphatic carbocycles. The zero-order chi connectivity index (χ0) is 13.1. The van der Waals surface area contributed by atoms with Crippen molar-refractivity contribution in [1.82, 2.24) is 0 Å². The van der Waals surface area contributed by atoms with Crippen LogP contribution in [0.1, 0.15) is 24.1 Å². The second-order valence-corrected chi connectivity index (χ2v) is 5.40. The highest BCUT2D eigenvalue weighted by molar-refractivity contribution is 9.10. The van der Waals surface area contributed by atoms with Crippen LogP contribution in [-0.4, -0.2) is 0 Å². The molecule has 2 aromatic carbocycles. The molecule has 0 aromatic heterocycles. The van der Waals surface area contributed by atoms with Crippen molar-refractivity contribution in [3.63, 3.8) is 0 Å². The van der Waals surface area contributed by atoms with E-state index < -0.39 is 0 Å². The van der Waals surface area contributed by atoms with Crippen LogP contribution in [0.4, 0.5) is 11.4 Å². The smallest absolute Gasteiger partial charge is 0.0485 e. The minimum absolute atomic E-state index is 0.265. The number of halogens is 1. The lowest BCUT2D eigenvalue weighted by Gasteiger charge is -2.16. The topological polar surface area (TPSA) is 38.0 Å². The summed E-state index contributed by atoms with van der Waals surface area (Å²) in [5.74, 6) is 0. The molecule has 0 radical (unpaired) electrons. The molecule has 3 heteroatoms. The second kappa shape index (κ2) is 5.44. The van der Waals surface area contributed by atoms with Gasteiger partial charge in [-0.2, -0.15) is 0 Å². The van der Waals surface area contributed by atoms with E-state index in [-0.39, 0.29) is 6.04 Å². The van der Waals surface area contributed by atoms with E-state index in [2.05, 4.69) is 58.5 Å². The Morgan fingerprint density at radius 2 is 1.78 bits per heavy atom. The van der Waals surface area contributed by atoms with Gasteiger partial charge in [-0.15, -0.1) is 0 Å². The summed E-state index contributed by atoms with van der Waals surface area (Å²) in [6.45, 7) is 4.17. The van der Waals surface area contributed by atoms with Crippen molar-refractivity contribution in [2.75, 3.05) is 11.1 Å². The molecule has 2 rings (SSSR count). The fourth-order valence-electron chi connectivity index (χ4n) is 1.85. The molecule has 1 atom stereocenters. The highest BCUT2D eigenvalue weighted by Crippen LogP contribution is 2.23. The first-order valence-corrected chi connectivity index (χ1v) is 6.73. The van der Waals surface area contributed by atoms with Gasteiger partial charge in [-0.05, 0) is 55.3 Å². The summed E-state index contributed by atoms with van der Waals surface area (Å²) in [7, 11) is 0. The van der Waals surface area contributed by atoms with Gasteiger partial charge in [0.2, 0.25) is 0 Å². The second-order valence-electron chi connectivity index (χ2n) is 4.49. The number of rotatable bonds is 3. The lowest BCUT2D eigenvalue weighted by atomic mass is 10.1. The molecular weight excluding hydrogens is 288 g/mol. The van der Waals surface area contributed by atoms with Crippen LogP contribution in [0.15, 0.2) is 46.9 Å². The van der Waals surface area contributed by atoms with E-state index in [1.807, 2.05) is 19.1 Å². The van der Waals surface area contributed by atoms with E-state index in [0.29, 0.717) is 0 Å². The number of nitrogens with one attached hydrogen (secondary N) is 1. The lowest BCUT2D eigenvalue weighted by molar-refractivity contribution is 0.884. The van der Waals surface area contributed by atoms with E-state index in [1.54, 1.807) is 0 Å². The fraction of sp³-hybridized carbons (Fsp3) is 0.200. The average Bonchev–Trinajstić information content (AvgIpc) is 2.34. The SMILES string of the molecule is Cc1cc(NC(C)c2ccc(Br)cc2)ccc1N. The summed E-state index contributed by atoms with van der Waals surface area (Å²) in [5, 5.41) is 3.47. The maximum atomic E-state index is 5.81.